The van der Waals surface area contributed by atoms with Crippen LogP contribution in [0.3, 0.4) is 0 Å². The van der Waals surface area contributed by atoms with E-state index in [0.717, 1.165) is 18.2 Å². The van der Waals surface area contributed by atoms with Crippen molar-refractivity contribution in [3.8, 4) is 28.6 Å². The molecule has 124 valence electrons. The van der Waals surface area contributed by atoms with Crippen molar-refractivity contribution in [3.63, 3.8) is 0 Å². The maximum absolute atomic E-state index is 12.2. The third kappa shape index (κ3) is 4.61. The van der Waals surface area contributed by atoms with Crippen molar-refractivity contribution in [2.75, 3.05) is 0 Å². The fraction of sp³-hybridized carbons (Fsp3) is 0. The number of rotatable bonds is 3. The zero-order chi connectivity index (χ0) is 17.5. The van der Waals surface area contributed by atoms with Gasteiger partial charge in [-0.25, -0.2) is 0 Å². The van der Waals surface area contributed by atoms with E-state index in [1.54, 1.807) is 0 Å². The van der Waals surface area contributed by atoms with Crippen molar-refractivity contribution in [2.45, 2.75) is 0 Å². The van der Waals surface area contributed by atoms with Gasteiger partial charge in [0.25, 0.3) is 0 Å². The Morgan fingerprint density at radius 2 is 1.72 bits per heavy atom. The molecule has 0 saturated carbocycles. The van der Waals surface area contributed by atoms with Crippen molar-refractivity contribution in [2.24, 2.45) is 0 Å². The van der Waals surface area contributed by atoms with E-state index in [0.29, 0.717) is 5.56 Å². The van der Waals surface area contributed by atoms with E-state index in [-0.39, 0.29) is 73.9 Å². The second-order valence-corrected chi connectivity index (χ2v) is 5.85. The summed E-state index contributed by atoms with van der Waals surface area (Å²) in [5.41, 5.74) is -0.287. The first kappa shape index (κ1) is 19.9. The molecular weight excluding hydrogens is 379 g/mol. The van der Waals surface area contributed by atoms with Crippen LogP contribution in [0, 0.1) is 0 Å². The third-order valence-electron chi connectivity index (χ3n) is 3.12. The topological polar surface area (TPSA) is 137 Å². The van der Waals surface area contributed by atoms with E-state index in [4.69, 9.17) is 8.97 Å². The van der Waals surface area contributed by atoms with E-state index in [1.807, 2.05) is 0 Å². The van der Waals surface area contributed by atoms with Gasteiger partial charge in [-0.2, -0.15) is 8.42 Å². The molecule has 0 aliphatic rings. The summed E-state index contributed by atoms with van der Waals surface area (Å²) in [5.74, 6) is -1.11. The molecule has 10 heteroatoms. The van der Waals surface area contributed by atoms with E-state index < -0.39 is 27.3 Å². The quantitative estimate of drug-likeness (QED) is 0.405. The summed E-state index contributed by atoms with van der Waals surface area (Å²) in [4.78, 5) is 12.2. The SMILES string of the molecule is O=c1cc(-c2ccc([O-])cc2)oc2cc(OS(=O)(=O)O)cc(O)c12.[K+]. The molecule has 1 aromatic heterocycles. The van der Waals surface area contributed by atoms with Crippen LogP contribution >= 0.6 is 0 Å². The van der Waals surface area contributed by atoms with Gasteiger partial charge >= 0.3 is 61.8 Å². The molecule has 0 saturated heterocycles. The molecule has 1 heterocycles. The molecule has 0 amide bonds. The minimum Gasteiger partial charge on any atom is -0.872 e. The Kier molecular flexibility index (Phi) is 5.94. The maximum atomic E-state index is 12.2. The third-order valence-corrected chi connectivity index (χ3v) is 3.53. The number of hydrogen-bond donors (Lipinski definition) is 2. The standard InChI is InChI=1S/C15H10O8S.K/c16-9-3-1-8(2-4-9)13-7-12(18)15-11(17)5-10(6-14(15)22-13)23-24(19,20)21;/h1-7,16-17H,(H,19,20,21);/q;+1/p-1. The fourth-order valence-corrected chi connectivity index (χ4v) is 2.51. The van der Waals surface area contributed by atoms with Crippen LogP contribution in [0.4, 0.5) is 0 Å². The van der Waals surface area contributed by atoms with Gasteiger partial charge in [0.05, 0.1) is 0 Å². The minimum atomic E-state index is -4.81. The smallest absolute Gasteiger partial charge is 0.872 e. The summed E-state index contributed by atoms with van der Waals surface area (Å²) in [6, 6.07) is 8.50. The molecule has 0 radical (unpaired) electrons. The molecule has 25 heavy (non-hydrogen) atoms. The number of phenols is 1. The van der Waals surface area contributed by atoms with Gasteiger partial charge in [-0.1, -0.05) is 24.3 Å². The van der Waals surface area contributed by atoms with E-state index >= 15 is 0 Å². The second-order valence-electron chi connectivity index (χ2n) is 4.83. The number of fused-ring (bicyclic) bond motifs is 1. The summed E-state index contributed by atoms with van der Waals surface area (Å²) >= 11 is 0. The largest absolute Gasteiger partial charge is 1.00 e. The van der Waals surface area contributed by atoms with Crippen LogP contribution < -0.4 is 66.1 Å². The molecule has 0 atom stereocenters. The molecule has 0 unspecified atom stereocenters. The molecule has 3 rings (SSSR count). The van der Waals surface area contributed by atoms with Gasteiger partial charge in [0.15, 0.2) is 11.2 Å². The van der Waals surface area contributed by atoms with E-state index in [2.05, 4.69) is 4.18 Å². The van der Waals surface area contributed by atoms with Crippen molar-refractivity contribution < 1.29 is 83.2 Å². The van der Waals surface area contributed by atoms with E-state index in [1.165, 1.54) is 24.3 Å². The molecule has 0 bridgehead atoms. The average Bonchev–Trinajstić information content (AvgIpc) is 2.45. The van der Waals surface area contributed by atoms with Gasteiger partial charge in [0.2, 0.25) is 0 Å². The monoisotopic (exact) mass is 388 g/mol. The van der Waals surface area contributed by atoms with Gasteiger partial charge in [-0.15, -0.1) is 5.75 Å². The molecule has 2 N–H and O–H groups in total. The molecule has 0 aliphatic carbocycles. The first-order valence-corrected chi connectivity index (χ1v) is 7.85. The van der Waals surface area contributed by atoms with Gasteiger partial charge in [-0.05, 0) is 0 Å². The summed E-state index contributed by atoms with van der Waals surface area (Å²) < 4.78 is 40.0. The van der Waals surface area contributed by atoms with Crippen molar-refractivity contribution >= 4 is 21.4 Å². The Balaban J connectivity index is 0.00000225. The van der Waals surface area contributed by atoms with Crippen LogP contribution in [0.25, 0.3) is 22.3 Å². The normalized spacial score (nSPS) is 11.1. The Morgan fingerprint density at radius 1 is 1.08 bits per heavy atom. The molecule has 0 fully saturated rings. The van der Waals surface area contributed by atoms with E-state index in [9.17, 15) is 23.4 Å². The van der Waals surface area contributed by atoms with Crippen LogP contribution in [0.1, 0.15) is 0 Å². The zero-order valence-corrected chi connectivity index (χ0v) is 16.7. The van der Waals surface area contributed by atoms with Crippen LogP contribution in [0.2, 0.25) is 0 Å². The summed E-state index contributed by atoms with van der Waals surface area (Å²) in [5, 5.41) is 20.8. The van der Waals surface area contributed by atoms with Crippen molar-refractivity contribution in [3.05, 3.63) is 52.7 Å². The molecule has 2 aromatic carbocycles. The Labute approximate surface area is 184 Å². The zero-order valence-electron chi connectivity index (χ0n) is 12.8. The number of aromatic hydroxyl groups is 1. The first-order chi connectivity index (χ1) is 11.2. The number of hydrogen-bond acceptors (Lipinski definition) is 7. The Hall–Kier alpha value is -1.40. The first-order valence-electron chi connectivity index (χ1n) is 6.48. The predicted octanol–water partition coefficient (Wildman–Crippen LogP) is -1.58. The maximum Gasteiger partial charge on any atom is 1.00 e. The summed E-state index contributed by atoms with van der Waals surface area (Å²) in [6.45, 7) is 0. The fourth-order valence-electron chi connectivity index (χ4n) is 2.17. The van der Waals surface area contributed by atoms with Crippen molar-refractivity contribution in [1.29, 1.82) is 0 Å². The number of phenolic OH excluding ortho intramolecular Hbond substituents is 1. The Morgan fingerprint density at radius 3 is 2.32 bits per heavy atom. The minimum absolute atomic E-state index is 0. The summed E-state index contributed by atoms with van der Waals surface area (Å²) in [7, 11) is -4.81. The Bertz CT molecular complexity index is 1090. The van der Waals surface area contributed by atoms with Gasteiger partial charge in [0, 0.05) is 23.8 Å². The number of benzene rings is 2. The van der Waals surface area contributed by atoms with Gasteiger partial charge in [-0.3, -0.25) is 9.35 Å². The van der Waals surface area contributed by atoms with Crippen LogP contribution in [-0.4, -0.2) is 18.1 Å². The second kappa shape index (κ2) is 7.46. The van der Waals surface area contributed by atoms with Crippen molar-refractivity contribution in [1.82, 2.24) is 0 Å². The van der Waals surface area contributed by atoms with Crippen LogP contribution in [-0.2, 0) is 10.4 Å². The molecular formula is C15H9KO8S. The molecule has 0 aliphatic heterocycles. The molecule has 3 aromatic rings. The molecule has 8 nitrogen and oxygen atoms in total. The molecule has 0 spiro atoms. The van der Waals surface area contributed by atoms with Gasteiger partial charge in [0.1, 0.15) is 22.5 Å². The predicted molar refractivity (Wildman–Crippen MR) is 81.2 cm³/mol. The van der Waals surface area contributed by atoms with Crippen LogP contribution in [0.15, 0.2) is 51.7 Å². The van der Waals surface area contributed by atoms with Crippen LogP contribution in [0.5, 0.6) is 17.2 Å². The average molecular weight is 388 g/mol. The van der Waals surface area contributed by atoms with Gasteiger partial charge < -0.3 is 18.8 Å². The summed E-state index contributed by atoms with van der Waals surface area (Å²) in [6.07, 6.45) is 0.